The Balaban J connectivity index is 1.62. The molecule has 2 aromatic heterocycles. The van der Waals surface area contributed by atoms with E-state index >= 15 is 0 Å². The number of thioether (sulfide) groups is 1. The molecule has 2 heterocycles. The third-order valence-corrected chi connectivity index (χ3v) is 6.00. The second-order valence-corrected chi connectivity index (χ2v) is 8.51. The zero-order chi connectivity index (χ0) is 22.0. The Bertz CT molecular complexity index is 1280. The minimum atomic E-state index is -0.178. The van der Waals surface area contributed by atoms with Crippen molar-refractivity contribution >= 4 is 28.7 Å². The summed E-state index contributed by atoms with van der Waals surface area (Å²) in [5, 5.41) is 3.50. The standard InChI is InChI=1S/C24H24N4O2S/c1-15-9-11-19(12-10-15)28-23(30)22-20(13-16(2)25-22)27-24(28)31-14-21(29)26-17(3)18-7-5-4-6-8-18/h4-13,17,25H,14H2,1-3H3,(H,26,29)/t17-/m1/s1. The number of aryl methyl sites for hydroxylation is 2. The summed E-state index contributed by atoms with van der Waals surface area (Å²) in [6.45, 7) is 5.84. The highest BCUT2D eigenvalue weighted by molar-refractivity contribution is 7.99. The molecular weight excluding hydrogens is 408 g/mol. The minimum Gasteiger partial charge on any atom is -0.353 e. The maximum atomic E-state index is 13.2. The maximum absolute atomic E-state index is 13.2. The van der Waals surface area contributed by atoms with E-state index < -0.39 is 0 Å². The highest BCUT2D eigenvalue weighted by Gasteiger charge is 2.17. The molecule has 0 aliphatic carbocycles. The van der Waals surface area contributed by atoms with Crippen molar-refractivity contribution in [3.05, 3.63) is 87.8 Å². The Hall–Kier alpha value is -3.32. The van der Waals surface area contributed by atoms with Crippen LogP contribution < -0.4 is 10.9 Å². The summed E-state index contributed by atoms with van der Waals surface area (Å²) in [6, 6.07) is 19.2. The Morgan fingerprint density at radius 2 is 1.84 bits per heavy atom. The van der Waals surface area contributed by atoms with Gasteiger partial charge < -0.3 is 10.3 Å². The number of nitrogens with one attached hydrogen (secondary N) is 2. The van der Waals surface area contributed by atoms with Crippen LogP contribution in [0.1, 0.15) is 29.8 Å². The summed E-state index contributed by atoms with van der Waals surface area (Å²) in [4.78, 5) is 33.6. The summed E-state index contributed by atoms with van der Waals surface area (Å²) in [6.07, 6.45) is 0. The average Bonchev–Trinajstić information content (AvgIpc) is 3.14. The van der Waals surface area contributed by atoms with E-state index in [1.54, 1.807) is 4.57 Å². The number of aromatic nitrogens is 3. The van der Waals surface area contributed by atoms with Gasteiger partial charge in [-0.2, -0.15) is 0 Å². The van der Waals surface area contributed by atoms with Gasteiger partial charge in [-0.05, 0) is 44.5 Å². The molecule has 4 aromatic rings. The molecule has 31 heavy (non-hydrogen) atoms. The molecule has 0 aliphatic rings. The maximum Gasteiger partial charge on any atom is 0.283 e. The van der Waals surface area contributed by atoms with Crippen LogP contribution in [0.15, 0.2) is 70.6 Å². The lowest BCUT2D eigenvalue weighted by Gasteiger charge is -2.15. The van der Waals surface area contributed by atoms with Crippen LogP contribution in [-0.2, 0) is 4.79 Å². The van der Waals surface area contributed by atoms with E-state index in [2.05, 4.69) is 15.3 Å². The van der Waals surface area contributed by atoms with Crippen LogP contribution in [0.25, 0.3) is 16.7 Å². The van der Waals surface area contributed by atoms with E-state index in [0.29, 0.717) is 16.2 Å². The lowest BCUT2D eigenvalue weighted by Crippen LogP contribution is -2.29. The van der Waals surface area contributed by atoms with Crippen molar-refractivity contribution < 1.29 is 4.79 Å². The quantitative estimate of drug-likeness (QED) is 0.352. The first-order valence-corrected chi connectivity index (χ1v) is 11.1. The molecule has 6 nitrogen and oxygen atoms in total. The molecule has 0 unspecified atom stereocenters. The largest absolute Gasteiger partial charge is 0.353 e. The predicted octanol–water partition coefficient (Wildman–Crippen LogP) is 4.30. The van der Waals surface area contributed by atoms with Gasteiger partial charge in [-0.1, -0.05) is 59.8 Å². The lowest BCUT2D eigenvalue weighted by molar-refractivity contribution is -0.119. The van der Waals surface area contributed by atoms with Gasteiger partial charge in [0.25, 0.3) is 5.56 Å². The van der Waals surface area contributed by atoms with Crippen molar-refractivity contribution in [3.8, 4) is 5.69 Å². The van der Waals surface area contributed by atoms with Gasteiger partial charge in [0.05, 0.1) is 23.0 Å². The van der Waals surface area contributed by atoms with Gasteiger partial charge in [-0.15, -0.1) is 0 Å². The van der Waals surface area contributed by atoms with Crippen molar-refractivity contribution in [1.82, 2.24) is 19.9 Å². The van der Waals surface area contributed by atoms with Gasteiger partial charge in [0.15, 0.2) is 5.16 Å². The van der Waals surface area contributed by atoms with E-state index in [0.717, 1.165) is 22.5 Å². The summed E-state index contributed by atoms with van der Waals surface area (Å²) in [5.41, 5.74) is 4.62. The second-order valence-electron chi connectivity index (χ2n) is 7.57. The van der Waals surface area contributed by atoms with E-state index in [4.69, 9.17) is 0 Å². The molecule has 158 valence electrons. The highest BCUT2D eigenvalue weighted by Crippen LogP contribution is 2.22. The summed E-state index contributed by atoms with van der Waals surface area (Å²) < 4.78 is 1.57. The first kappa shape index (κ1) is 20.9. The molecule has 0 spiro atoms. The van der Waals surface area contributed by atoms with Gasteiger partial charge >= 0.3 is 0 Å². The fourth-order valence-corrected chi connectivity index (χ4v) is 4.26. The molecule has 0 bridgehead atoms. The summed E-state index contributed by atoms with van der Waals surface area (Å²) in [7, 11) is 0. The van der Waals surface area contributed by atoms with Gasteiger partial charge in [0.1, 0.15) is 5.52 Å². The molecular formula is C24H24N4O2S. The Labute approximate surface area is 184 Å². The van der Waals surface area contributed by atoms with Crippen LogP contribution in [-0.4, -0.2) is 26.2 Å². The van der Waals surface area contributed by atoms with Crippen molar-refractivity contribution in [2.24, 2.45) is 0 Å². The topological polar surface area (TPSA) is 79.8 Å². The van der Waals surface area contributed by atoms with Gasteiger partial charge in [0.2, 0.25) is 5.91 Å². The highest BCUT2D eigenvalue weighted by atomic mass is 32.2. The molecule has 0 saturated carbocycles. The zero-order valence-electron chi connectivity index (χ0n) is 17.7. The molecule has 7 heteroatoms. The molecule has 1 amide bonds. The fraction of sp³-hybridized carbons (Fsp3) is 0.208. The monoisotopic (exact) mass is 432 g/mol. The van der Waals surface area contributed by atoms with Crippen LogP contribution in [0.3, 0.4) is 0 Å². The number of fused-ring (bicyclic) bond motifs is 1. The minimum absolute atomic E-state index is 0.101. The van der Waals surface area contributed by atoms with Crippen LogP contribution in [0.5, 0.6) is 0 Å². The van der Waals surface area contributed by atoms with E-state index in [-0.39, 0.29) is 23.3 Å². The van der Waals surface area contributed by atoms with Crippen molar-refractivity contribution in [3.63, 3.8) is 0 Å². The normalized spacial score (nSPS) is 12.1. The Kier molecular flexibility index (Phi) is 5.95. The molecule has 4 rings (SSSR count). The van der Waals surface area contributed by atoms with E-state index in [1.807, 2.05) is 81.4 Å². The first-order valence-electron chi connectivity index (χ1n) is 10.1. The van der Waals surface area contributed by atoms with E-state index in [9.17, 15) is 9.59 Å². The Morgan fingerprint density at radius 3 is 2.55 bits per heavy atom. The number of carbonyl (C=O) groups is 1. The number of benzene rings is 2. The second kappa shape index (κ2) is 8.81. The number of hydrogen-bond acceptors (Lipinski definition) is 4. The number of rotatable bonds is 6. The fourth-order valence-electron chi connectivity index (χ4n) is 3.43. The molecule has 2 aromatic carbocycles. The van der Waals surface area contributed by atoms with Crippen LogP contribution >= 0.6 is 11.8 Å². The zero-order valence-corrected chi connectivity index (χ0v) is 18.5. The van der Waals surface area contributed by atoms with Crippen molar-refractivity contribution in [2.75, 3.05) is 5.75 Å². The molecule has 0 saturated heterocycles. The summed E-state index contributed by atoms with van der Waals surface area (Å²) >= 11 is 1.26. The number of hydrogen-bond donors (Lipinski definition) is 2. The smallest absolute Gasteiger partial charge is 0.283 e. The van der Waals surface area contributed by atoms with Crippen LogP contribution in [0.2, 0.25) is 0 Å². The third-order valence-electron chi connectivity index (χ3n) is 5.06. The number of aromatic amines is 1. The number of amides is 1. The van der Waals surface area contributed by atoms with Crippen molar-refractivity contribution in [1.29, 1.82) is 0 Å². The lowest BCUT2D eigenvalue weighted by atomic mass is 10.1. The van der Waals surface area contributed by atoms with Crippen molar-refractivity contribution in [2.45, 2.75) is 32.0 Å². The Morgan fingerprint density at radius 1 is 1.13 bits per heavy atom. The molecule has 1 atom stereocenters. The van der Waals surface area contributed by atoms with Gasteiger partial charge in [-0.25, -0.2) is 4.98 Å². The van der Waals surface area contributed by atoms with Gasteiger partial charge in [-0.3, -0.25) is 14.2 Å². The summed E-state index contributed by atoms with van der Waals surface area (Å²) in [5.74, 6) is 0.0427. The third kappa shape index (κ3) is 4.56. The van der Waals surface area contributed by atoms with Crippen LogP contribution in [0, 0.1) is 13.8 Å². The van der Waals surface area contributed by atoms with Gasteiger partial charge in [0, 0.05) is 5.69 Å². The first-order chi connectivity index (χ1) is 14.9. The SMILES string of the molecule is Cc1ccc(-n2c(SCC(=O)N[C@H](C)c3ccccc3)nc3cc(C)[nH]c3c2=O)cc1. The molecule has 0 aliphatic heterocycles. The average molecular weight is 433 g/mol. The number of H-pyrrole nitrogens is 1. The predicted molar refractivity (Wildman–Crippen MR) is 125 cm³/mol. The number of nitrogens with zero attached hydrogens (tertiary/aromatic N) is 2. The molecule has 2 N–H and O–H groups in total. The van der Waals surface area contributed by atoms with Crippen LogP contribution in [0.4, 0.5) is 0 Å². The number of carbonyl (C=O) groups excluding carboxylic acids is 1. The molecule has 0 fully saturated rings. The molecule has 0 radical (unpaired) electrons. The van der Waals surface area contributed by atoms with E-state index in [1.165, 1.54) is 11.8 Å².